The molecule has 0 spiro atoms. The summed E-state index contributed by atoms with van der Waals surface area (Å²) in [6, 6.07) is 3.75. The molecule has 3 nitrogen and oxygen atoms in total. The number of fused-ring (bicyclic) bond motifs is 1. The number of methoxy groups -OCH3 is 1. The number of hydrogen-bond acceptors (Lipinski definition) is 3. The number of ether oxygens (including phenoxy) is 1. The van der Waals surface area contributed by atoms with Crippen molar-refractivity contribution in [2.45, 2.75) is 0 Å². The molecular weight excluding hydrogens is 267 g/mol. The second-order valence-electron chi connectivity index (χ2n) is 2.68. The van der Waals surface area contributed by atoms with Gasteiger partial charge in [0, 0.05) is 16.1 Å². The van der Waals surface area contributed by atoms with E-state index in [-0.39, 0.29) is 5.28 Å². The highest BCUT2D eigenvalue weighted by molar-refractivity contribution is 9.10. The van der Waals surface area contributed by atoms with Crippen molar-refractivity contribution < 1.29 is 4.74 Å². The average Bonchev–Trinajstić information content (AvgIpc) is 2.17. The van der Waals surface area contributed by atoms with E-state index in [1.165, 1.54) is 0 Å². The van der Waals surface area contributed by atoms with Gasteiger partial charge in [-0.3, -0.25) is 0 Å². The van der Waals surface area contributed by atoms with Gasteiger partial charge in [0.15, 0.2) is 0 Å². The summed E-state index contributed by atoms with van der Waals surface area (Å²) in [5.74, 6) is 0.679. The van der Waals surface area contributed by atoms with Gasteiger partial charge in [0.1, 0.15) is 11.3 Å². The van der Waals surface area contributed by atoms with Crippen LogP contribution in [0.4, 0.5) is 0 Å². The molecule has 14 heavy (non-hydrogen) atoms. The molecule has 0 saturated carbocycles. The van der Waals surface area contributed by atoms with Crippen LogP contribution in [0.25, 0.3) is 10.9 Å². The molecule has 0 N–H and O–H groups in total. The Balaban J connectivity index is 2.81. The zero-order valence-electron chi connectivity index (χ0n) is 7.29. The van der Waals surface area contributed by atoms with Crippen molar-refractivity contribution in [3.63, 3.8) is 0 Å². The molecule has 0 aliphatic heterocycles. The first-order chi connectivity index (χ1) is 6.70. The molecule has 0 bridgehead atoms. The second-order valence-corrected chi connectivity index (χ2v) is 3.94. The number of hydrogen-bond donors (Lipinski definition) is 0. The van der Waals surface area contributed by atoms with Gasteiger partial charge in [0.25, 0.3) is 0 Å². The summed E-state index contributed by atoms with van der Waals surface area (Å²) < 4.78 is 6.11. The van der Waals surface area contributed by atoms with Crippen LogP contribution in [0.5, 0.6) is 5.75 Å². The van der Waals surface area contributed by atoms with Crippen molar-refractivity contribution in [2.24, 2.45) is 0 Å². The first kappa shape index (κ1) is 9.68. The van der Waals surface area contributed by atoms with Crippen LogP contribution in [-0.2, 0) is 0 Å². The van der Waals surface area contributed by atoms with E-state index in [1.807, 2.05) is 12.1 Å². The third-order valence-corrected chi connectivity index (χ3v) is 2.44. The Morgan fingerprint density at radius 1 is 1.43 bits per heavy atom. The Morgan fingerprint density at radius 2 is 2.21 bits per heavy atom. The lowest BCUT2D eigenvalue weighted by Gasteiger charge is -2.04. The van der Waals surface area contributed by atoms with Crippen molar-refractivity contribution >= 4 is 38.4 Å². The Labute approximate surface area is 94.2 Å². The molecule has 0 aliphatic rings. The van der Waals surface area contributed by atoms with Gasteiger partial charge in [-0.25, -0.2) is 9.97 Å². The maximum Gasteiger partial charge on any atom is 0.223 e. The SMILES string of the molecule is COc1cc(Br)cc2cnc(Cl)nc12. The van der Waals surface area contributed by atoms with Gasteiger partial charge in [-0.2, -0.15) is 0 Å². The summed E-state index contributed by atoms with van der Waals surface area (Å²) in [6.07, 6.45) is 1.66. The number of rotatable bonds is 1. The number of nitrogens with zero attached hydrogens (tertiary/aromatic N) is 2. The lowest BCUT2D eigenvalue weighted by atomic mass is 10.2. The molecule has 2 rings (SSSR count). The quantitative estimate of drug-likeness (QED) is 0.749. The first-order valence-corrected chi connectivity index (χ1v) is 5.03. The number of aromatic nitrogens is 2. The van der Waals surface area contributed by atoms with Crippen LogP contribution >= 0.6 is 27.5 Å². The maximum atomic E-state index is 5.70. The standard InChI is InChI=1S/C9H6BrClN2O/c1-14-7-3-6(10)2-5-4-12-9(11)13-8(5)7/h2-4H,1H3. The predicted octanol–water partition coefficient (Wildman–Crippen LogP) is 3.05. The highest BCUT2D eigenvalue weighted by atomic mass is 79.9. The van der Waals surface area contributed by atoms with Crippen molar-refractivity contribution in [2.75, 3.05) is 7.11 Å². The molecule has 2 aromatic rings. The molecule has 1 aromatic carbocycles. The van der Waals surface area contributed by atoms with E-state index in [4.69, 9.17) is 16.3 Å². The smallest absolute Gasteiger partial charge is 0.223 e. The average molecular weight is 274 g/mol. The van der Waals surface area contributed by atoms with E-state index in [2.05, 4.69) is 25.9 Å². The summed E-state index contributed by atoms with van der Waals surface area (Å²) in [7, 11) is 1.59. The third kappa shape index (κ3) is 1.67. The van der Waals surface area contributed by atoms with Gasteiger partial charge in [-0.15, -0.1) is 0 Å². The van der Waals surface area contributed by atoms with Crippen molar-refractivity contribution in [3.8, 4) is 5.75 Å². The molecule has 0 saturated heterocycles. The largest absolute Gasteiger partial charge is 0.494 e. The van der Waals surface area contributed by atoms with Crippen LogP contribution < -0.4 is 4.74 Å². The van der Waals surface area contributed by atoms with Gasteiger partial charge in [-0.05, 0) is 23.7 Å². The van der Waals surface area contributed by atoms with Crippen LogP contribution in [0.3, 0.4) is 0 Å². The topological polar surface area (TPSA) is 35.0 Å². The minimum atomic E-state index is 0.220. The van der Waals surface area contributed by atoms with Gasteiger partial charge in [-0.1, -0.05) is 15.9 Å². The van der Waals surface area contributed by atoms with Gasteiger partial charge >= 0.3 is 0 Å². The van der Waals surface area contributed by atoms with Crippen molar-refractivity contribution in [1.82, 2.24) is 9.97 Å². The highest BCUT2D eigenvalue weighted by Crippen LogP contribution is 2.28. The second kappa shape index (κ2) is 3.71. The summed E-state index contributed by atoms with van der Waals surface area (Å²) in [5, 5.41) is 1.11. The fourth-order valence-electron chi connectivity index (χ4n) is 1.21. The predicted molar refractivity (Wildman–Crippen MR) is 58.8 cm³/mol. The van der Waals surface area contributed by atoms with E-state index in [1.54, 1.807) is 13.3 Å². The maximum absolute atomic E-state index is 5.70. The highest BCUT2D eigenvalue weighted by Gasteiger charge is 2.05. The van der Waals surface area contributed by atoms with Crippen molar-refractivity contribution in [1.29, 1.82) is 0 Å². The summed E-state index contributed by atoms with van der Waals surface area (Å²) in [6.45, 7) is 0. The lowest BCUT2D eigenvalue weighted by Crippen LogP contribution is -1.90. The Bertz CT molecular complexity index is 489. The van der Waals surface area contributed by atoms with E-state index >= 15 is 0 Å². The number of halogens is 2. The lowest BCUT2D eigenvalue weighted by molar-refractivity contribution is 0.418. The van der Waals surface area contributed by atoms with E-state index in [0.717, 1.165) is 15.4 Å². The van der Waals surface area contributed by atoms with Crippen LogP contribution in [0.15, 0.2) is 22.8 Å². The molecule has 5 heteroatoms. The van der Waals surface area contributed by atoms with Crippen LogP contribution in [0.1, 0.15) is 0 Å². The Morgan fingerprint density at radius 3 is 2.93 bits per heavy atom. The van der Waals surface area contributed by atoms with Crippen LogP contribution in [-0.4, -0.2) is 17.1 Å². The molecule has 0 fully saturated rings. The minimum Gasteiger partial charge on any atom is -0.494 e. The first-order valence-electron chi connectivity index (χ1n) is 3.86. The minimum absolute atomic E-state index is 0.220. The summed E-state index contributed by atoms with van der Waals surface area (Å²) in [4.78, 5) is 8.00. The molecule has 1 aromatic heterocycles. The van der Waals surface area contributed by atoms with Crippen molar-refractivity contribution in [3.05, 3.63) is 28.1 Å². The van der Waals surface area contributed by atoms with E-state index in [9.17, 15) is 0 Å². The molecular formula is C9H6BrClN2O. The molecule has 0 radical (unpaired) electrons. The summed E-state index contributed by atoms with van der Waals surface area (Å²) >= 11 is 9.07. The Kier molecular flexibility index (Phi) is 2.56. The van der Waals surface area contributed by atoms with E-state index in [0.29, 0.717) is 5.75 Å². The fourth-order valence-corrected chi connectivity index (χ4v) is 1.80. The fraction of sp³-hybridized carbons (Fsp3) is 0.111. The van der Waals surface area contributed by atoms with E-state index < -0.39 is 0 Å². The number of benzene rings is 1. The molecule has 0 amide bonds. The molecule has 0 atom stereocenters. The van der Waals surface area contributed by atoms with Gasteiger partial charge in [0.2, 0.25) is 5.28 Å². The third-order valence-electron chi connectivity index (χ3n) is 1.80. The van der Waals surface area contributed by atoms with Crippen LogP contribution in [0.2, 0.25) is 5.28 Å². The normalized spacial score (nSPS) is 10.5. The Hall–Kier alpha value is -0.870. The van der Waals surface area contributed by atoms with Gasteiger partial charge in [0.05, 0.1) is 7.11 Å². The summed E-state index contributed by atoms with van der Waals surface area (Å²) in [5.41, 5.74) is 0.718. The molecule has 0 aliphatic carbocycles. The molecule has 72 valence electrons. The molecule has 1 heterocycles. The zero-order valence-corrected chi connectivity index (χ0v) is 9.63. The van der Waals surface area contributed by atoms with Gasteiger partial charge < -0.3 is 4.74 Å². The monoisotopic (exact) mass is 272 g/mol. The molecule has 0 unspecified atom stereocenters. The zero-order chi connectivity index (χ0) is 10.1. The van der Waals surface area contributed by atoms with Crippen LogP contribution in [0, 0.1) is 0 Å².